The minimum Gasteiger partial charge on any atom is -0.493 e. The van der Waals surface area contributed by atoms with Crippen LogP contribution in [-0.4, -0.2) is 18.7 Å². The molecular weight excluding hydrogens is 250 g/mol. The maximum atomic E-state index is 5.90. The van der Waals surface area contributed by atoms with Crippen molar-refractivity contribution in [3.05, 3.63) is 59.7 Å². The maximum absolute atomic E-state index is 5.90. The van der Waals surface area contributed by atoms with Gasteiger partial charge < -0.3 is 9.47 Å². The van der Waals surface area contributed by atoms with Crippen molar-refractivity contribution in [3.8, 4) is 11.5 Å². The zero-order chi connectivity index (χ0) is 13.9. The third-order valence-corrected chi connectivity index (χ3v) is 3.86. The summed E-state index contributed by atoms with van der Waals surface area (Å²) in [5.74, 6) is 1.70. The Labute approximate surface area is 119 Å². The molecule has 0 bridgehead atoms. The summed E-state index contributed by atoms with van der Waals surface area (Å²) >= 11 is 0. The van der Waals surface area contributed by atoms with Crippen LogP contribution in [0.25, 0.3) is 0 Å². The smallest absolute Gasteiger partial charge is 0.167 e. The fourth-order valence-electron chi connectivity index (χ4n) is 2.61. The van der Waals surface area contributed by atoms with E-state index < -0.39 is 0 Å². The van der Waals surface area contributed by atoms with Crippen LogP contribution in [0.5, 0.6) is 11.5 Å². The largest absolute Gasteiger partial charge is 0.493 e. The monoisotopic (exact) mass is 269 g/mol. The molecule has 1 aliphatic rings. The van der Waals surface area contributed by atoms with Crippen LogP contribution in [0.1, 0.15) is 24.1 Å². The van der Waals surface area contributed by atoms with E-state index in [1.165, 1.54) is 11.1 Å². The van der Waals surface area contributed by atoms with Crippen molar-refractivity contribution in [2.75, 3.05) is 13.8 Å². The molecule has 0 N–H and O–H groups in total. The van der Waals surface area contributed by atoms with Gasteiger partial charge in [0.05, 0.1) is 7.11 Å². The number of rotatable bonds is 3. The van der Waals surface area contributed by atoms with Crippen molar-refractivity contribution in [3.63, 3.8) is 0 Å². The van der Waals surface area contributed by atoms with Crippen molar-refractivity contribution in [2.45, 2.75) is 19.5 Å². The summed E-state index contributed by atoms with van der Waals surface area (Å²) in [7, 11) is 1.68. The molecular formula is C17H19NO2. The van der Waals surface area contributed by atoms with Crippen molar-refractivity contribution in [2.24, 2.45) is 0 Å². The highest BCUT2D eigenvalue weighted by Crippen LogP contribution is 2.36. The minimum atomic E-state index is 0.329. The van der Waals surface area contributed by atoms with Gasteiger partial charge in [0.1, 0.15) is 6.73 Å². The van der Waals surface area contributed by atoms with Gasteiger partial charge in [-0.3, -0.25) is 4.90 Å². The Morgan fingerprint density at radius 3 is 2.65 bits per heavy atom. The molecule has 3 nitrogen and oxygen atoms in total. The van der Waals surface area contributed by atoms with Gasteiger partial charge in [-0.05, 0) is 18.6 Å². The highest BCUT2D eigenvalue weighted by atomic mass is 16.5. The molecule has 0 amide bonds. The molecule has 0 aliphatic carbocycles. The average molecular weight is 269 g/mol. The molecule has 0 saturated carbocycles. The summed E-state index contributed by atoms with van der Waals surface area (Å²) in [6.45, 7) is 3.68. The van der Waals surface area contributed by atoms with Gasteiger partial charge in [-0.1, -0.05) is 42.5 Å². The van der Waals surface area contributed by atoms with Crippen LogP contribution in [0.4, 0.5) is 0 Å². The lowest BCUT2D eigenvalue weighted by atomic mass is 10.1. The number of hydrogen-bond acceptors (Lipinski definition) is 3. The zero-order valence-corrected chi connectivity index (χ0v) is 11.9. The Morgan fingerprint density at radius 2 is 1.90 bits per heavy atom. The zero-order valence-electron chi connectivity index (χ0n) is 11.9. The molecule has 0 saturated heterocycles. The second-order valence-corrected chi connectivity index (χ2v) is 5.06. The molecule has 2 aromatic carbocycles. The number of hydrogen-bond donors (Lipinski definition) is 0. The number of ether oxygens (including phenoxy) is 2. The Balaban J connectivity index is 1.82. The lowest BCUT2D eigenvalue weighted by Crippen LogP contribution is -2.34. The van der Waals surface area contributed by atoms with Gasteiger partial charge in [0.2, 0.25) is 0 Å². The molecule has 3 rings (SSSR count). The van der Waals surface area contributed by atoms with Crippen molar-refractivity contribution in [1.29, 1.82) is 0 Å². The van der Waals surface area contributed by atoms with E-state index >= 15 is 0 Å². The molecule has 2 aromatic rings. The lowest BCUT2D eigenvalue weighted by molar-refractivity contribution is 0.0592. The topological polar surface area (TPSA) is 21.7 Å². The summed E-state index contributed by atoms with van der Waals surface area (Å²) in [6, 6.07) is 16.9. The summed E-state index contributed by atoms with van der Waals surface area (Å²) in [6.07, 6.45) is 0. The van der Waals surface area contributed by atoms with Crippen LogP contribution in [0, 0.1) is 0 Å². The molecule has 0 radical (unpaired) electrons. The van der Waals surface area contributed by atoms with Gasteiger partial charge in [-0.15, -0.1) is 0 Å². The van der Waals surface area contributed by atoms with Gasteiger partial charge in [-0.25, -0.2) is 0 Å². The Morgan fingerprint density at radius 1 is 1.10 bits per heavy atom. The number of para-hydroxylation sites is 1. The van der Waals surface area contributed by atoms with E-state index in [4.69, 9.17) is 9.47 Å². The third-order valence-electron chi connectivity index (χ3n) is 3.86. The molecule has 0 aromatic heterocycles. The van der Waals surface area contributed by atoms with Crippen molar-refractivity contribution < 1.29 is 9.47 Å². The molecule has 1 unspecified atom stereocenters. The predicted octanol–water partition coefficient (Wildman–Crippen LogP) is 3.61. The van der Waals surface area contributed by atoms with Crippen LogP contribution < -0.4 is 9.47 Å². The molecule has 1 heterocycles. The van der Waals surface area contributed by atoms with Crippen molar-refractivity contribution >= 4 is 0 Å². The highest BCUT2D eigenvalue weighted by molar-refractivity contribution is 5.47. The van der Waals surface area contributed by atoms with Gasteiger partial charge in [0.25, 0.3) is 0 Å². The summed E-state index contributed by atoms with van der Waals surface area (Å²) in [5, 5.41) is 0. The van der Waals surface area contributed by atoms with Crippen LogP contribution in [0.2, 0.25) is 0 Å². The van der Waals surface area contributed by atoms with E-state index in [1.54, 1.807) is 7.11 Å². The van der Waals surface area contributed by atoms with Gasteiger partial charge >= 0.3 is 0 Å². The molecule has 0 fully saturated rings. The Bertz CT molecular complexity index is 583. The first-order valence-corrected chi connectivity index (χ1v) is 6.87. The fraction of sp³-hybridized carbons (Fsp3) is 0.294. The number of methoxy groups -OCH3 is 1. The first kappa shape index (κ1) is 13.0. The van der Waals surface area contributed by atoms with Crippen molar-refractivity contribution in [1.82, 2.24) is 4.90 Å². The number of fused-ring (bicyclic) bond motifs is 1. The fourth-order valence-corrected chi connectivity index (χ4v) is 2.61. The Kier molecular flexibility index (Phi) is 3.61. The molecule has 1 atom stereocenters. The first-order chi connectivity index (χ1) is 9.79. The standard InChI is InChI=1S/C17H19NO2/c1-13(14-7-4-3-5-8-14)18-11-15-9-6-10-16(19-2)17(15)20-12-18/h3-10,13H,11-12H2,1-2H3. The van der Waals surface area contributed by atoms with Crippen LogP contribution in [-0.2, 0) is 6.54 Å². The van der Waals surface area contributed by atoms with E-state index in [0.29, 0.717) is 12.8 Å². The van der Waals surface area contributed by atoms with E-state index in [2.05, 4.69) is 42.2 Å². The second-order valence-electron chi connectivity index (χ2n) is 5.06. The SMILES string of the molecule is COc1cccc2c1OCN(C(C)c1ccccc1)C2. The third kappa shape index (κ3) is 2.37. The normalized spacial score (nSPS) is 16.1. The number of nitrogens with zero attached hydrogens (tertiary/aromatic N) is 1. The first-order valence-electron chi connectivity index (χ1n) is 6.87. The summed E-state index contributed by atoms with van der Waals surface area (Å²) in [5.41, 5.74) is 2.49. The lowest BCUT2D eigenvalue weighted by Gasteiger charge is -2.34. The van der Waals surface area contributed by atoms with E-state index in [0.717, 1.165) is 18.0 Å². The van der Waals surface area contributed by atoms with E-state index in [9.17, 15) is 0 Å². The minimum absolute atomic E-state index is 0.329. The maximum Gasteiger partial charge on any atom is 0.167 e. The quantitative estimate of drug-likeness (QED) is 0.849. The van der Waals surface area contributed by atoms with Gasteiger partial charge in [0.15, 0.2) is 11.5 Å². The molecule has 1 aliphatic heterocycles. The van der Waals surface area contributed by atoms with Gasteiger partial charge in [-0.2, -0.15) is 0 Å². The van der Waals surface area contributed by atoms with Crippen LogP contribution in [0.15, 0.2) is 48.5 Å². The molecule has 104 valence electrons. The highest BCUT2D eigenvalue weighted by Gasteiger charge is 2.24. The second kappa shape index (κ2) is 5.55. The summed E-state index contributed by atoms with van der Waals surface area (Å²) in [4.78, 5) is 2.32. The predicted molar refractivity (Wildman–Crippen MR) is 78.9 cm³/mol. The van der Waals surface area contributed by atoms with E-state index in [-0.39, 0.29) is 0 Å². The molecule has 0 spiro atoms. The molecule has 3 heteroatoms. The Hall–Kier alpha value is -2.00. The van der Waals surface area contributed by atoms with Crippen LogP contribution >= 0.6 is 0 Å². The average Bonchev–Trinajstić information content (AvgIpc) is 2.53. The van der Waals surface area contributed by atoms with Crippen LogP contribution in [0.3, 0.4) is 0 Å². The van der Waals surface area contributed by atoms with Gasteiger partial charge in [0, 0.05) is 18.2 Å². The molecule has 20 heavy (non-hydrogen) atoms. The summed E-state index contributed by atoms with van der Waals surface area (Å²) < 4.78 is 11.3. The number of benzene rings is 2. The van der Waals surface area contributed by atoms with E-state index in [1.807, 2.05) is 18.2 Å².